The molecule has 0 bridgehead atoms. The van der Waals surface area contributed by atoms with Crippen molar-refractivity contribution in [3.8, 4) is 5.75 Å². The molecule has 0 aliphatic heterocycles. The predicted octanol–water partition coefficient (Wildman–Crippen LogP) is 1.80. The summed E-state index contributed by atoms with van der Waals surface area (Å²) in [5.74, 6) is 0.615. The number of nitrogens with two attached hydrogens (primary N) is 1. The molecule has 1 rings (SSSR count). The van der Waals surface area contributed by atoms with Crippen molar-refractivity contribution in [2.45, 2.75) is 39.3 Å². The maximum absolute atomic E-state index is 11.3. The zero-order valence-electron chi connectivity index (χ0n) is 13.2. The highest BCUT2D eigenvalue weighted by atomic mass is 32.2. The van der Waals surface area contributed by atoms with Gasteiger partial charge < -0.3 is 15.8 Å². The number of hydrogen-bond acceptors (Lipinski definition) is 5. The highest BCUT2D eigenvalue weighted by Gasteiger charge is 2.21. The Morgan fingerprint density at radius 2 is 1.95 bits per heavy atom. The maximum Gasteiger partial charge on any atom is 0.209 e. The van der Waals surface area contributed by atoms with Gasteiger partial charge in [0, 0.05) is 23.8 Å². The number of sulfonamides is 1. The summed E-state index contributed by atoms with van der Waals surface area (Å²) in [6, 6.07) is 5.40. The first-order valence-electron chi connectivity index (χ1n) is 6.77. The molecule has 0 amide bonds. The summed E-state index contributed by atoms with van der Waals surface area (Å²) in [6.07, 6.45) is 1.18. The van der Waals surface area contributed by atoms with E-state index in [-0.39, 0.29) is 6.10 Å². The van der Waals surface area contributed by atoms with E-state index in [4.69, 9.17) is 10.5 Å². The number of nitrogens with one attached hydrogen (secondary N) is 2. The van der Waals surface area contributed by atoms with E-state index in [1.807, 2.05) is 39.8 Å². The van der Waals surface area contributed by atoms with E-state index in [1.54, 1.807) is 6.07 Å². The second-order valence-corrected chi connectivity index (χ2v) is 7.78. The molecular formula is C14H25N3O3S. The molecule has 0 spiro atoms. The minimum absolute atomic E-state index is 0.0332. The summed E-state index contributed by atoms with van der Waals surface area (Å²) < 4.78 is 30.8. The van der Waals surface area contributed by atoms with Crippen molar-refractivity contribution in [2.75, 3.05) is 23.9 Å². The lowest BCUT2D eigenvalue weighted by atomic mass is 10.1. The van der Waals surface area contributed by atoms with Gasteiger partial charge in [-0.3, -0.25) is 0 Å². The third kappa shape index (κ3) is 6.68. The Kier molecular flexibility index (Phi) is 5.47. The molecule has 0 aliphatic carbocycles. The van der Waals surface area contributed by atoms with Crippen LogP contribution in [-0.4, -0.2) is 32.9 Å². The molecule has 4 N–H and O–H groups in total. The molecule has 21 heavy (non-hydrogen) atoms. The molecule has 0 fully saturated rings. The predicted molar refractivity (Wildman–Crippen MR) is 87.2 cm³/mol. The standard InChI is InChI=1S/C14H25N3O3S/c1-10(2)20-13-8-11(6-7-12(13)15)16-9-14(3,4)17-21(5,18)19/h6-8,10,16-17H,9,15H2,1-5H3. The van der Waals surface area contributed by atoms with Crippen molar-refractivity contribution >= 4 is 21.4 Å². The van der Waals surface area contributed by atoms with Crippen LogP contribution in [-0.2, 0) is 10.0 Å². The van der Waals surface area contributed by atoms with E-state index in [0.717, 1.165) is 11.9 Å². The van der Waals surface area contributed by atoms with Gasteiger partial charge >= 0.3 is 0 Å². The molecule has 0 aromatic heterocycles. The number of ether oxygens (including phenoxy) is 1. The topological polar surface area (TPSA) is 93.5 Å². The summed E-state index contributed by atoms with van der Waals surface area (Å²) in [5.41, 5.74) is 6.65. The van der Waals surface area contributed by atoms with Crippen LogP contribution < -0.4 is 20.5 Å². The molecule has 6 nitrogen and oxygen atoms in total. The highest BCUT2D eigenvalue weighted by Crippen LogP contribution is 2.26. The molecule has 7 heteroatoms. The molecule has 1 aromatic carbocycles. The van der Waals surface area contributed by atoms with Crippen LogP contribution >= 0.6 is 0 Å². The quantitative estimate of drug-likeness (QED) is 0.667. The van der Waals surface area contributed by atoms with E-state index in [2.05, 4.69) is 10.0 Å². The molecule has 0 heterocycles. The lowest BCUT2D eigenvalue weighted by molar-refractivity contribution is 0.244. The minimum atomic E-state index is -3.25. The van der Waals surface area contributed by atoms with E-state index >= 15 is 0 Å². The third-order valence-electron chi connectivity index (χ3n) is 2.57. The van der Waals surface area contributed by atoms with Crippen LogP contribution in [0.4, 0.5) is 11.4 Å². The molecule has 1 aromatic rings. The van der Waals surface area contributed by atoms with Gasteiger partial charge in [0.25, 0.3) is 0 Å². The van der Waals surface area contributed by atoms with E-state index in [1.165, 1.54) is 0 Å². The molecule has 0 aliphatic rings. The van der Waals surface area contributed by atoms with Crippen LogP contribution in [0, 0.1) is 0 Å². The fraction of sp³-hybridized carbons (Fsp3) is 0.571. The van der Waals surface area contributed by atoms with Crippen LogP contribution in [0.15, 0.2) is 18.2 Å². The van der Waals surface area contributed by atoms with Crippen molar-refractivity contribution in [1.82, 2.24) is 4.72 Å². The third-order valence-corrected chi connectivity index (χ3v) is 3.50. The first-order chi connectivity index (χ1) is 9.48. The lowest BCUT2D eigenvalue weighted by Crippen LogP contribution is -2.47. The molecule has 120 valence electrons. The average molecular weight is 315 g/mol. The van der Waals surface area contributed by atoms with Gasteiger partial charge in [-0.2, -0.15) is 0 Å². The molecule has 0 radical (unpaired) electrons. The Bertz CT molecular complexity index is 583. The van der Waals surface area contributed by atoms with Gasteiger partial charge in [-0.05, 0) is 39.8 Å². The SMILES string of the molecule is CC(C)Oc1cc(NCC(C)(C)NS(C)(=O)=O)ccc1N. The molecule has 0 atom stereocenters. The summed E-state index contributed by atoms with van der Waals surface area (Å²) in [4.78, 5) is 0. The Hall–Kier alpha value is -1.47. The maximum atomic E-state index is 11.3. The fourth-order valence-electron chi connectivity index (χ4n) is 1.86. The smallest absolute Gasteiger partial charge is 0.209 e. The first kappa shape index (κ1) is 17.6. The molecule has 0 unspecified atom stereocenters. The summed E-state index contributed by atoms with van der Waals surface area (Å²) in [6.45, 7) is 7.91. The van der Waals surface area contributed by atoms with Gasteiger partial charge in [0.1, 0.15) is 5.75 Å². The zero-order valence-corrected chi connectivity index (χ0v) is 14.0. The summed E-state index contributed by atoms with van der Waals surface area (Å²) >= 11 is 0. The van der Waals surface area contributed by atoms with E-state index < -0.39 is 15.6 Å². The van der Waals surface area contributed by atoms with Gasteiger partial charge in [0.2, 0.25) is 10.0 Å². The molecule has 0 saturated carbocycles. The van der Waals surface area contributed by atoms with Gasteiger partial charge in [0.05, 0.1) is 18.0 Å². The van der Waals surface area contributed by atoms with Crippen LogP contribution in [0.25, 0.3) is 0 Å². The number of anilines is 2. The van der Waals surface area contributed by atoms with Crippen molar-refractivity contribution < 1.29 is 13.2 Å². The van der Waals surface area contributed by atoms with Crippen LogP contribution in [0.2, 0.25) is 0 Å². The monoisotopic (exact) mass is 315 g/mol. The normalized spacial score (nSPS) is 12.5. The van der Waals surface area contributed by atoms with Gasteiger partial charge in [-0.25, -0.2) is 13.1 Å². The van der Waals surface area contributed by atoms with Crippen molar-refractivity contribution in [3.05, 3.63) is 18.2 Å². The van der Waals surface area contributed by atoms with Gasteiger partial charge in [-0.15, -0.1) is 0 Å². The zero-order chi connectivity index (χ0) is 16.3. The Morgan fingerprint density at radius 3 is 2.48 bits per heavy atom. The second kappa shape index (κ2) is 6.53. The van der Waals surface area contributed by atoms with Gasteiger partial charge in [-0.1, -0.05) is 0 Å². The largest absolute Gasteiger partial charge is 0.489 e. The second-order valence-electron chi connectivity index (χ2n) is 6.03. The van der Waals surface area contributed by atoms with E-state index in [9.17, 15) is 8.42 Å². The van der Waals surface area contributed by atoms with Gasteiger partial charge in [0.15, 0.2) is 0 Å². The Morgan fingerprint density at radius 1 is 1.33 bits per heavy atom. The fourth-order valence-corrected chi connectivity index (χ4v) is 2.94. The highest BCUT2D eigenvalue weighted by molar-refractivity contribution is 7.88. The number of benzene rings is 1. The van der Waals surface area contributed by atoms with E-state index in [0.29, 0.717) is 18.0 Å². The van der Waals surface area contributed by atoms with Crippen molar-refractivity contribution in [2.24, 2.45) is 0 Å². The van der Waals surface area contributed by atoms with Crippen LogP contribution in [0.3, 0.4) is 0 Å². The molecular weight excluding hydrogens is 290 g/mol. The molecule has 0 saturated heterocycles. The minimum Gasteiger partial charge on any atom is -0.489 e. The Labute approximate surface area is 127 Å². The number of nitrogen functional groups attached to an aromatic ring is 1. The summed E-state index contributed by atoms with van der Waals surface area (Å²) in [7, 11) is -3.25. The number of rotatable bonds is 7. The Balaban J connectivity index is 2.75. The summed E-state index contributed by atoms with van der Waals surface area (Å²) in [5, 5.41) is 3.19. The van der Waals surface area contributed by atoms with Crippen molar-refractivity contribution in [1.29, 1.82) is 0 Å². The van der Waals surface area contributed by atoms with Crippen LogP contribution in [0.5, 0.6) is 5.75 Å². The van der Waals surface area contributed by atoms with Crippen LogP contribution in [0.1, 0.15) is 27.7 Å². The number of hydrogen-bond donors (Lipinski definition) is 3. The first-order valence-corrected chi connectivity index (χ1v) is 8.67. The van der Waals surface area contributed by atoms with Crippen molar-refractivity contribution in [3.63, 3.8) is 0 Å². The average Bonchev–Trinajstić information content (AvgIpc) is 2.26. The lowest BCUT2D eigenvalue weighted by Gasteiger charge is -2.26.